The Hall–Kier alpha value is -1.69. The van der Waals surface area contributed by atoms with Crippen molar-refractivity contribution < 1.29 is 4.79 Å². The second-order valence-electron chi connectivity index (χ2n) is 4.09. The van der Waals surface area contributed by atoms with Crippen molar-refractivity contribution in [3.63, 3.8) is 0 Å². The number of carbonyl (C=O) groups excluding carboxylic acids is 1. The summed E-state index contributed by atoms with van der Waals surface area (Å²) in [6.07, 6.45) is 1.65. The number of aryl methyl sites for hydroxylation is 1. The molecule has 2 rings (SSSR count). The highest BCUT2D eigenvalue weighted by Crippen LogP contribution is 2.08. The molecule has 0 aliphatic carbocycles. The van der Waals surface area contributed by atoms with Gasteiger partial charge in [-0.25, -0.2) is 5.43 Å². The maximum atomic E-state index is 11.8. The van der Waals surface area contributed by atoms with Crippen molar-refractivity contribution in [2.45, 2.75) is 6.92 Å². The van der Waals surface area contributed by atoms with Gasteiger partial charge in [-0.2, -0.15) is 5.10 Å². The smallest absolute Gasteiger partial charge is 0.267 e. The molecule has 2 aromatic carbocycles. The second kappa shape index (κ2) is 6.47. The Morgan fingerprint density at radius 2 is 1.84 bits per heavy atom. The van der Waals surface area contributed by atoms with Crippen molar-refractivity contribution in [2.24, 2.45) is 5.10 Å². The van der Waals surface area contributed by atoms with Crippen molar-refractivity contribution in [1.29, 1.82) is 0 Å². The number of hydrogen-bond acceptors (Lipinski definition) is 2. The van der Waals surface area contributed by atoms with Gasteiger partial charge in [0.15, 0.2) is 0 Å². The number of hydrazone groups is 1. The Labute approximate surface area is 125 Å². The fourth-order valence-electron chi connectivity index (χ4n) is 1.51. The number of carbonyl (C=O) groups is 1. The minimum atomic E-state index is -0.206. The first kappa shape index (κ1) is 13.7. The second-order valence-corrected chi connectivity index (χ2v) is 5.25. The highest BCUT2D eigenvalue weighted by atomic mass is 127. The standard InChI is InChI=1S/C15H13IN2O/c1-11-6-8-12(9-7-11)15(19)18-17-10-13-4-2-3-5-14(13)16/h2-10H,1H3,(H,18,19). The van der Waals surface area contributed by atoms with Crippen LogP contribution in [0.15, 0.2) is 53.6 Å². The van der Waals surface area contributed by atoms with Crippen LogP contribution >= 0.6 is 22.6 Å². The quantitative estimate of drug-likeness (QED) is 0.507. The van der Waals surface area contributed by atoms with E-state index in [1.54, 1.807) is 18.3 Å². The van der Waals surface area contributed by atoms with E-state index in [1.165, 1.54) is 0 Å². The molecule has 0 spiro atoms. The fraction of sp³-hybridized carbons (Fsp3) is 0.0667. The first-order valence-electron chi connectivity index (χ1n) is 5.81. The molecule has 3 nitrogen and oxygen atoms in total. The molecule has 4 heteroatoms. The Morgan fingerprint density at radius 3 is 2.53 bits per heavy atom. The van der Waals surface area contributed by atoms with Crippen molar-refractivity contribution >= 4 is 34.7 Å². The SMILES string of the molecule is Cc1ccc(C(=O)NN=Cc2ccccc2I)cc1. The summed E-state index contributed by atoms with van der Waals surface area (Å²) < 4.78 is 1.09. The molecule has 0 radical (unpaired) electrons. The van der Waals surface area contributed by atoms with E-state index in [-0.39, 0.29) is 5.91 Å². The maximum absolute atomic E-state index is 11.8. The van der Waals surface area contributed by atoms with Gasteiger partial charge >= 0.3 is 0 Å². The van der Waals surface area contributed by atoms with Crippen molar-refractivity contribution in [2.75, 3.05) is 0 Å². The van der Waals surface area contributed by atoms with E-state index in [0.717, 1.165) is 14.7 Å². The van der Waals surface area contributed by atoms with E-state index in [4.69, 9.17) is 0 Å². The van der Waals surface area contributed by atoms with Crippen LogP contribution in [0, 0.1) is 10.5 Å². The van der Waals surface area contributed by atoms with Gasteiger partial charge in [-0.15, -0.1) is 0 Å². The molecule has 0 aliphatic heterocycles. The molecule has 19 heavy (non-hydrogen) atoms. The molecular formula is C15H13IN2O. The zero-order chi connectivity index (χ0) is 13.7. The number of nitrogens with zero attached hydrogens (tertiary/aromatic N) is 1. The molecule has 0 saturated carbocycles. The first-order chi connectivity index (χ1) is 9.16. The predicted molar refractivity (Wildman–Crippen MR) is 85.4 cm³/mol. The van der Waals surface area contributed by atoms with Gasteiger partial charge in [-0.1, -0.05) is 35.9 Å². The van der Waals surface area contributed by atoms with Gasteiger partial charge in [0.1, 0.15) is 0 Å². The molecule has 0 unspecified atom stereocenters. The molecule has 2 aromatic rings. The zero-order valence-corrected chi connectivity index (χ0v) is 12.6. The van der Waals surface area contributed by atoms with Crippen LogP contribution in [0.3, 0.4) is 0 Å². The summed E-state index contributed by atoms with van der Waals surface area (Å²) in [6.45, 7) is 1.98. The highest BCUT2D eigenvalue weighted by molar-refractivity contribution is 14.1. The molecule has 0 fully saturated rings. The minimum absolute atomic E-state index is 0.206. The van der Waals surface area contributed by atoms with Crippen LogP contribution in [0.4, 0.5) is 0 Å². The topological polar surface area (TPSA) is 41.5 Å². The number of nitrogens with one attached hydrogen (secondary N) is 1. The van der Waals surface area contributed by atoms with Crippen LogP contribution in [-0.2, 0) is 0 Å². The molecule has 0 atom stereocenters. The number of benzene rings is 2. The van der Waals surface area contributed by atoms with E-state index in [1.807, 2.05) is 43.3 Å². The van der Waals surface area contributed by atoms with E-state index in [9.17, 15) is 4.79 Å². The normalized spacial score (nSPS) is 10.6. The monoisotopic (exact) mass is 364 g/mol. The van der Waals surface area contributed by atoms with Crippen LogP contribution < -0.4 is 5.43 Å². The summed E-state index contributed by atoms with van der Waals surface area (Å²) >= 11 is 2.23. The molecule has 0 aromatic heterocycles. The summed E-state index contributed by atoms with van der Waals surface area (Å²) in [4.78, 5) is 11.8. The Balaban J connectivity index is 2.01. The lowest BCUT2D eigenvalue weighted by molar-refractivity contribution is 0.0955. The number of amides is 1. The van der Waals surface area contributed by atoms with Crippen molar-refractivity contribution in [1.82, 2.24) is 5.43 Å². The lowest BCUT2D eigenvalue weighted by Crippen LogP contribution is -2.17. The molecule has 96 valence electrons. The van der Waals surface area contributed by atoms with Gasteiger partial charge in [-0.3, -0.25) is 4.79 Å². The third-order valence-corrected chi connectivity index (χ3v) is 3.57. The molecule has 1 amide bonds. The lowest BCUT2D eigenvalue weighted by Gasteiger charge is -2.00. The Bertz CT molecular complexity index is 606. The van der Waals surface area contributed by atoms with Crippen molar-refractivity contribution in [3.05, 3.63) is 68.8 Å². The zero-order valence-electron chi connectivity index (χ0n) is 10.4. The van der Waals surface area contributed by atoms with Crippen molar-refractivity contribution in [3.8, 4) is 0 Å². The van der Waals surface area contributed by atoms with Crippen LogP contribution in [-0.4, -0.2) is 12.1 Å². The van der Waals surface area contributed by atoms with Crippen LogP contribution in [0.5, 0.6) is 0 Å². The minimum Gasteiger partial charge on any atom is -0.267 e. The highest BCUT2D eigenvalue weighted by Gasteiger charge is 2.02. The third-order valence-electron chi connectivity index (χ3n) is 2.59. The van der Waals surface area contributed by atoms with Gasteiger partial charge in [0.25, 0.3) is 5.91 Å². The maximum Gasteiger partial charge on any atom is 0.271 e. The number of hydrogen-bond donors (Lipinski definition) is 1. The molecular weight excluding hydrogens is 351 g/mol. The first-order valence-corrected chi connectivity index (χ1v) is 6.89. The summed E-state index contributed by atoms with van der Waals surface area (Å²) in [5.41, 5.74) is 5.23. The van der Waals surface area contributed by atoms with E-state index in [0.29, 0.717) is 5.56 Å². The average Bonchev–Trinajstić information content (AvgIpc) is 2.41. The predicted octanol–water partition coefficient (Wildman–Crippen LogP) is 3.36. The molecule has 1 N–H and O–H groups in total. The van der Waals surface area contributed by atoms with Gasteiger partial charge in [0, 0.05) is 14.7 Å². The fourth-order valence-corrected chi connectivity index (χ4v) is 2.04. The van der Waals surface area contributed by atoms with Gasteiger partial charge in [0.2, 0.25) is 0 Å². The summed E-state index contributed by atoms with van der Waals surface area (Å²) in [5, 5.41) is 3.97. The van der Waals surface area contributed by atoms with Crippen LogP contribution in [0.1, 0.15) is 21.5 Å². The average molecular weight is 364 g/mol. The third kappa shape index (κ3) is 3.89. The summed E-state index contributed by atoms with van der Waals surface area (Å²) in [5.74, 6) is -0.206. The van der Waals surface area contributed by atoms with E-state index < -0.39 is 0 Å². The van der Waals surface area contributed by atoms with Crippen LogP contribution in [0.2, 0.25) is 0 Å². The Kier molecular flexibility index (Phi) is 4.68. The largest absolute Gasteiger partial charge is 0.271 e. The molecule has 0 bridgehead atoms. The van der Waals surface area contributed by atoms with Gasteiger partial charge < -0.3 is 0 Å². The number of halogens is 1. The summed E-state index contributed by atoms with van der Waals surface area (Å²) in [6, 6.07) is 15.2. The van der Waals surface area contributed by atoms with Gasteiger partial charge in [-0.05, 0) is 47.7 Å². The molecule has 0 heterocycles. The van der Waals surface area contributed by atoms with Gasteiger partial charge in [0.05, 0.1) is 6.21 Å². The lowest BCUT2D eigenvalue weighted by atomic mass is 10.1. The molecule has 0 saturated heterocycles. The Morgan fingerprint density at radius 1 is 1.16 bits per heavy atom. The number of rotatable bonds is 3. The molecule has 0 aliphatic rings. The van der Waals surface area contributed by atoms with E-state index >= 15 is 0 Å². The van der Waals surface area contributed by atoms with E-state index in [2.05, 4.69) is 33.1 Å². The summed E-state index contributed by atoms with van der Waals surface area (Å²) in [7, 11) is 0. The van der Waals surface area contributed by atoms with Crippen LogP contribution in [0.25, 0.3) is 0 Å².